The Morgan fingerprint density at radius 1 is 1.26 bits per heavy atom. The number of hydrogen-bond donors (Lipinski definition) is 3. The van der Waals surface area contributed by atoms with Gasteiger partial charge in [0.15, 0.2) is 0 Å². The Labute approximate surface area is 135 Å². The van der Waals surface area contributed by atoms with E-state index >= 15 is 0 Å². The van der Waals surface area contributed by atoms with Gasteiger partial charge in [0.25, 0.3) is 5.91 Å². The average molecular weight is 318 g/mol. The van der Waals surface area contributed by atoms with Crippen LogP contribution in [0.3, 0.4) is 0 Å². The number of carbonyl (C=O) groups is 3. The molecular formula is C17H22N2O4. The third kappa shape index (κ3) is 5.39. The maximum Gasteiger partial charge on any atom is 0.303 e. The molecule has 6 heteroatoms. The zero-order chi connectivity index (χ0) is 16.8. The highest BCUT2D eigenvalue weighted by molar-refractivity contribution is 5.98. The molecule has 2 atom stereocenters. The number of benzene rings is 1. The molecule has 1 aliphatic rings. The summed E-state index contributed by atoms with van der Waals surface area (Å²) in [5.41, 5.74) is 1.09. The van der Waals surface area contributed by atoms with Gasteiger partial charge >= 0.3 is 5.97 Å². The molecule has 124 valence electrons. The van der Waals surface area contributed by atoms with Crippen LogP contribution in [-0.4, -0.2) is 29.4 Å². The highest BCUT2D eigenvalue weighted by atomic mass is 16.4. The lowest BCUT2D eigenvalue weighted by Crippen LogP contribution is -2.24. The minimum Gasteiger partial charge on any atom is -0.481 e. The van der Waals surface area contributed by atoms with Gasteiger partial charge in [0.1, 0.15) is 0 Å². The topological polar surface area (TPSA) is 95.5 Å². The van der Waals surface area contributed by atoms with Crippen LogP contribution in [0.25, 0.3) is 0 Å². The molecule has 2 unspecified atom stereocenters. The second-order valence-corrected chi connectivity index (χ2v) is 6.00. The second-order valence-electron chi connectivity index (χ2n) is 6.00. The van der Waals surface area contributed by atoms with Crippen LogP contribution in [0.5, 0.6) is 0 Å². The number of carboxylic acids is 1. The molecule has 0 saturated heterocycles. The second kappa shape index (κ2) is 7.76. The van der Waals surface area contributed by atoms with Crippen molar-refractivity contribution in [3.8, 4) is 0 Å². The van der Waals surface area contributed by atoms with E-state index < -0.39 is 5.97 Å². The van der Waals surface area contributed by atoms with Crippen LogP contribution in [0, 0.1) is 11.8 Å². The molecule has 1 aliphatic carbocycles. The molecule has 2 amide bonds. The summed E-state index contributed by atoms with van der Waals surface area (Å²) < 4.78 is 0. The molecule has 0 radical (unpaired) electrons. The fraction of sp³-hybridized carbons (Fsp3) is 0.471. The largest absolute Gasteiger partial charge is 0.481 e. The van der Waals surface area contributed by atoms with Gasteiger partial charge in [-0.05, 0) is 43.4 Å². The van der Waals surface area contributed by atoms with Gasteiger partial charge in [0.2, 0.25) is 5.91 Å². The van der Waals surface area contributed by atoms with E-state index in [0.717, 1.165) is 6.42 Å². The number of rotatable bonds is 8. The Bertz CT molecular complexity index is 600. The average Bonchev–Trinajstić information content (AvgIpc) is 3.24. The summed E-state index contributed by atoms with van der Waals surface area (Å²) in [6.45, 7) is 2.47. The maximum atomic E-state index is 12.0. The number of nitrogens with one attached hydrogen (secondary N) is 2. The number of unbranched alkanes of at least 4 members (excludes halogenated alkanes) is 1. The standard InChI is InChI=1S/C17H22N2O4/c1-11-9-14(11)17(23)19-13-6-4-5-12(10-13)16(22)18-8-3-2-7-15(20)21/h4-6,10-11,14H,2-3,7-9H2,1H3,(H,18,22)(H,19,23)(H,20,21). The lowest BCUT2D eigenvalue weighted by atomic mass is 10.1. The van der Waals surface area contributed by atoms with Crippen molar-refractivity contribution in [2.24, 2.45) is 11.8 Å². The predicted octanol–water partition coefficient (Wildman–Crippen LogP) is 2.27. The summed E-state index contributed by atoms with van der Waals surface area (Å²) in [4.78, 5) is 34.3. The Morgan fingerprint density at radius 3 is 2.65 bits per heavy atom. The monoisotopic (exact) mass is 318 g/mol. The van der Waals surface area contributed by atoms with Gasteiger partial charge in [0, 0.05) is 30.1 Å². The summed E-state index contributed by atoms with van der Waals surface area (Å²) >= 11 is 0. The normalized spacial score (nSPS) is 19.0. The van der Waals surface area contributed by atoms with Crippen LogP contribution in [0.1, 0.15) is 43.0 Å². The van der Waals surface area contributed by atoms with Crippen LogP contribution in [0.2, 0.25) is 0 Å². The van der Waals surface area contributed by atoms with Crippen molar-refractivity contribution in [1.82, 2.24) is 5.32 Å². The molecule has 2 rings (SSSR count). The summed E-state index contributed by atoms with van der Waals surface area (Å²) in [6, 6.07) is 6.82. The zero-order valence-corrected chi connectivity index (χ0v) is 13.2. The fourth-order valence-corrected chi connectivity index (χ4v) is 2.37. The quantitative estimate of drug-likeness (QED) is 0.641. The van der Waals surface area contributed by atoms with Crippen LogP contribution in [0.4, 0.5) is 5.69 Å². The van der Waals surface area contributed by atoms with Crippen molar-refractivity contribution in [1.29, 1.82) is 0 Å². The fourth-order valence-electron chi connectivity index (χ4n) is 2.37. The van der Waals surface area contributed by atoms with E-state index in [1.807, 2.05) is 6.92 Å². The molecule has 0 heterocycles. The Kier molecular flexibility index (Phi) is 5.73. The van der Waals surface area contributed by atoms with E-state index in [9.17, 15) is 14.4 Å². The number of amides is 2. The van der Waals surface area contributed by atoms with E-state index in [2.05, 4.69) is 10.6 Å². The van der Waals surface area contributed by atoms with Crippen LogP contribution in [0.15, 0.2) is 24.3 Å². The van der Waals surface area contributed by atoms with Crippen LogP contribution in [-0.2, 0) is 9.59 Å². The van der Waals surface area contributed by atoms with Gasteiger partial charge in [0.05, 0.1) is 0 Å². The molecule has 1 fully saturated rings. The number of carbonyl (C=O) groups excluding carboxylic acids is 2. The molecule has 1 aromatic rings. The first-order valence-electron chi connectivity index (χ1n) is 7.88. The summed E-state index contributed by atoms with van der Waals surface area (Å²) in [5, 5.41) is 14.1. The van der Waals surface area contributed by atoms with E-state index in [1.165, 1.54) is 0 Å². The van der Waals surface area contributed by atoms with E-state index in [1.54, 1.807) is 24.3 Å². The smallest absolute Gasteiger partial charge is 0.303 e. The van der Waals surface area contributed by atoms with Crippen molar-refractivity contribution < 1.29 is 19.5 Å². The lowest BCUT2D eigenvalue weighted by Gasteiger charge is -2.08. The van der Waals surface area contributed by atoms with Gasteiger partial charge in [-0.1, -0.05) is 13.0 Å². The number of aliphatic carboxylic acids is 1. The summed E-state index contributed by atoms with van der Waals surface area (Å²) in [6.07, 6.45) is 2.18. The first-order valence-corrected chi connectivity index (χ1v) is 7.88. The van der Waals surface area contributed by atoms with Gasteiger partial charge in [-0.15, -0.1) is 0 Å². The van der Waals surface area contributed by atoms with E-state index in [4.69, 9.17) is 5.11 Å². The molecule has 3 N–H and O–H groups in total. The Morgan fingerprint density at radius 2 is 2.00 bits per heavy atom. The van der Waals surface area contributed by atoms with Crippen LogP contribution < -0.4 is 10.6 Å². The van der Waals surface area contributed by atoms with Crippen molar-refractivity contribution in [2.45, 2.75) is 32.6 Å². The minimum absolute atomic E-state index is 0.00345. The molecule has 6 nitrogen and oxygen atoms in total. The summed E-state index contributed by atoms with van der Waals surface area (Å²) in [7, 11) is 0. The minimum atomic E-state index is -0.829. The highest BCUT2D eigenvalue weighted by Crippen LogP contribution is 2.38. The third-order valence-corrected chi connectivity index (χ3v) is 3.94. The van der Waals surface area contributed by atoms with Gasteiger partial charge < -0.3 is 15.7 Å². The van der Waals surface area contributed by atoms with Crippen molar-refractivity contribution in [2.75, 3.05) is 11.9 Å². The molecule has 23 heavy (non-hydrogen) atoms. The van der Waals surface area contributed by atoms with Gasteiger partial charge in [-0.3, -0.25) is 14.4 Å². The maximum absolute atomic E-state index is 12.0. The Hall–Kier alpha value is -2.37. The van der Waals surface area contributed by atoms with Crippen LogP contribution >= 0.6 is 0 Å². The molecule has 0 aliphatic heterocycles. The third-order valence-electron chi connectivity index (χ3n) is 3.94. The van der Waals surface area contributed by atoms with E-state index in [-0.39, 0.29) is 24.2 Å². The molecule has 0 bridgehead atoms. The van der Waals surface area contributed by atoms with Gasteiger partial charge in [-0.25, -0.2) is 0 Å². The zero-order valence-electron chi connectivity index (χ0n) is 13.2. The van der Waals surface area contributed by atoms with Crippen molar-refractivity contribution in [3.05, 3.63) is 29.8 Å². The molecule has 1 aromatic carbocycles. The predicted molar refractivity (Wildman–Crippen MR) is 86.2 cm³/mol. The van der Waals surface area contributed by atoms with E-state index in [0.29, 0.717) is 36.6 Å². The first-order chi connectivity index (χ1) is 11.0. The number of hydrogen-bond acceptors (Lipinski definition) is 3. The van der Waals surface area contributed by atoms with Gasteiger partial charge in [-0.2, -0.15) is 0 Å². The highest BCUT2D eigenvalue weighted by Gasteiger charge is 2.39. The molecule has 1 saturated carbocycles. The lowest BCUT2D eigenvalue weighted by molar-refractivity contribution is -0.137. The summed E-state index contributed by atoms with van der Waals surface area (Å²) in [5.74, 6) is -0.529. The van der Waals surface area contributed by atoms with Crippen molar-refractivity contribution >= 4 is 23.5 Å². The molecule has 0 aromatic heterocycles. The first kappa shape index (κ1) is 17.0. The number of carboxylic acid groups (broad SMARTS) is 1. The van der Waals surface area contributed by atoms with Crippen molar-refractivity contribution in [3.63, 3.8) is 0 Å². The SMILES string of the molecule is CC1CC1C(=O)Nc1cccc(C(=O)NCCCCC(=O)O)c1. The molecular weight excluding hydrogens is 296 g/mol. The Balaban J connectivity index is 1.80. The number of anilines is 1. The molecule has 0 spiro atoms.